The van der Waals surface area contributed by atoms with Crippen LogP contribution < -0.4 is 15.4 Å². The summed E-state index contributed by atoms with van der Waals surface area (Å²) in [7, 11) is 0. The Morgan fingerprint density at radius 1 is 1.17 bits per heavy atom. The van der Waals surface area contributed by atoms with Crippen LogP contribution in [0.5, 0.6) is 5.88 Å². The van der Waals surface area contributed by atoms with Crippen LogP contribution in [-0.2, 0) is 0 Å². The SMILES string of the molecule is O=[N+]([O-])c1ccc(ON=C2C=CC=C3N=c4ccccc4=C32)nc1. The average Bonchev–Trinajstić information content (AvgIpc) is 2.99. The lowest BCUT2D eigenvalue weighted by molar-refractivity contribution is -0.385. The van der Waals surface area contributed by atoms with Crippen LogP contribution in [0.15, 0.2) is 76.7 Å². The quantitative estimate of drug-likeness (QED) is 0.636. The van der Waals surface area contributed by atoms with Crippen molar-refractivity contribution < 1.29 is 9.76 Å². The zero-order chi connectivity index (χ0) is 16.5. The van der Waals surface area contributed by atoms with E-state index in [1.165, 1.54) is 12.1 Å². The summed E-state index contributed by atoms with van der Waals surface area (Å²) in [5, 5.41) is 16.6. The summed E-state index contributed by atoms with van der Waals surface area (Å²) in [6, 6.07) is 10.5. The van der Waals surface area contributed by atoms with Crippen LogP contribution in [0.25, 0.3) is 5.57 Å². The maximum absolute atomic E-state index is 10.6. The minimum Gasteiger partial charge on any atom is -0.336 e. The van der Waals surface area contributed by atoms with Crippen LogP contribution in [0, 0.1) is 10.1 Å². The Morgan fingerprint density at radius 2 is 2.04 bits per heavy atom. The van der Waals surface area contributed by atoms with Gasteiger partial charge in [0.2, 0.25) is 5.88 Å². The molecule has 24 heavy (non-hydrogen) atoms. The lowest BCUT2D eigenvalue weighted by Crippen LogP contribution is -2.24. The van der Waals surface area contributed by atoms with Gasteiger partial charge in [-0.1, -0.05) is 29.4 Å². The predicted molar refractivity (Wildman–Crippen MR) is 86.8 cm³/mol. The fraction of sp³-hybridized carbons (Fsp3) is 0. The maximum atomic E-state index is 10.6. The lowest BCUT2D eigenvalue weighted by atomic mass is 10.0. The number of aromatic nitrogens is 1. The maximum Gasteiger partial charge on any atom is 0.287 e. The van der Waals surface area contributed by atoms with E-state index in [1.807, 2.05) is 42.5 Å². The van der Waals surface area contributed by atoms with E-state index in [2.05, 4.69) is 15.1 Å². The molecule has 1 aliphatic heterocycles. The zero-order valence-corrected chi connectivity index (χ0v) is 12.3. The van der Waals surface area contributed by atoms with Crippen molar-refractivity contribution >= 4 is 17.0 Å². The molecular formula is C17H10N4O3. The van der Waals surface area contributed by atoms with Gasteiger partial charge in [0, 0.05) is 22.9 Å². The van der Waals surface area contributed by atoms with Gasteiger partial charge in [0.05, 0.1) is 16.0 Å². The first-order chi connectivity index (χ1) is 11.7. The van der Waals surface area contributed by atoms with Gasteiger partial charge in [-0.3, -0.25) is 10.1 Å². The molecule has 1 aliphatic carbocycles. The predicted octanol–water partition coefficient (Wildman–Crippen LogP) is 1.66. The van der Waals surface area contributed by atoms with Crippen molar-refractivity contribution in [3.05, 3.63) is 87.2 Å². The van der Waals surface area contributed by atoms with E-state index in [0.29, 0.717) is 5.71 Å². The Hall–Kier alpha value is -3.61. The number of hydrogen-bond donors (Lipinski definition) is 0. The van der Waals surface area contributed by atoms with Crippen molar-refractivity contribution in [3.63, 3.8) is 0 Å². The standard InChI is InChI=1S/C17H10N4O3/c22-21(23)11-8-9-16(18-10-11)24-20-15-7-3-6-14-17(15)12-4-1-2-5-13(12)19-14/h1-10H. The Balaban J connectivity index is 1.69. The molecule has 0 spiro atoms. The third-order valence-corrected chi connectivity index (χ3v) is 3.60. The molecular weight excluding hydrogens is 308 g/mol. The summed E-state index contributed by atoms with van der Waals surface area (Å²) in [5.74, 6) is 0.182. The Bertz CT molecular complexity index is 1050. The molecule has 0 fully saturated rings. The van der Waals surface area contributed by atoms with Crippen LogP contribution in [0.3, 0.4) is 0 Å². The highest BCUT2D eigenvalue weighted by Gasteiger charge is 2.19. The Morgan fingerprint density at radius 3 is 2.83 bits per heavy atom. The van der Waals surface area contributed by atoms with Gasteiger partial charge >= 0.3 is 0 Å². The first kappa shape index (κ1) is 14.0. The van der Waals surface area contributed by atoms with Gasteiger partial charge in [-0.15, -0.1) is 0 Å². The van der Waals surface area contributed by atoms with Gasteiger partial charge in [0.15, 0.2) is 0 Å². The molecule has 2 aromatic rings. The Labute approximate surface area is 135 Å². The number of hydrogen-bond acceptors (Lipinski definition) is 6. The molecule has 0 unspecified atom stereocenters. The van der Waals surface area contributed by atoms with Gasteiger partial charge in [-0.25, -0.2) is 9.98 Å². The summed E-state index contributed by atoms with van der Waals surface area (Å²) >= 11 is 0. The summed E-state index contributed by atoms with van der Waals surface area (Å²) < 4.78 is 0. The van der Waals surface area contributed by atoms with Crippen molar-refractivity contribution in [1.29, 1.82) is 0 Å². The molecule has 1 aromatic heterocycles. The van der Waals surface area contributed by atoms with Gasteiger partial charge in [-0.2, -0.15) is 0 Å². The van der Waals surface area contributed by atoms with E-state index >= 15 is 0 Å². The minimum absolute atomic E-state index is 0.101. The van der Waals surface area contributed by atoms with E-state index < -0.39 is 4.92 Å². The molecule has 116 valence electrons. The second kappa shape index (κ2) is 5.54. The smallest absolute Gasteiger partial charge is 0.287 e. The van der Waals surface area contributed by atoms with Crippen molar-refractivity contribution in [2.45, 2.75) is 0 Å². The first-order valence-corrected chi connectivity index (χ1v) is 7.15. The molecule has 7 heteroatoms. The van der Waals surface area contributed by atoms with Crippen molar-refractivity contribution in [2.75, 3.05) is 0 Å². The van der Waals surface area contributed by atoms with Crippen LogP contribution in [-0.4, -0.2) is 15.6 Å². The minimum atomic E-state index is -0.517. The summed E-state index contributed by atoms with van der Waals surface area (Å²) in [6.45, 7) is 0. The van der Waals surface area contributed by atoms with Crippen molar-refractivity contribution in [2.24, 2.45) is 10.1 Å². The lowest BCUT2D eigenvalue weighted by Gasteiger charge is -2.08. The molecule has 0 saturated heterocycles. The number of allylic oxidation sites excluding steroid dienone is 4. The molecule has 2 heterocycles. The molecule has 0 N–H and O–H groups in total. The monoisotopic (exact) mass is 318 g/mol. The van der Waals surface area contributed by atoms with E-state index in [0.717, 1.165) is 28.0 Å². The second-order valence-electron chi connectivity index (χ2n) is 5.09. The topological polar surface area (TPSA) is 90.0 Å². The molecule has 0 bridgehead atoms. The number of nitrogens with zero attached hydrogens (tertiary/aromatic N) is 4. The van der Waals surface area contributed by atoms with E-state index in [-0.39, 0.29) is 11.6 Å². The molecule has 0 atom stereocenters. The largest absolute Gasteiger partial charge is 0.336 e. The van der Waals surface area contributed by atoms with Gasteiger partial charge < -0.3 is 4.84 Å². The summed E-state index contributed by atoms with van der Waals surface area (Å²) in [4.78, 5) is 23.9. The number of fused-ring (bicyclic) bond motifs is 2. The Kier molecular flexibility index (Phi) is 3.24. The molecule has 2 aliphatic rings. The highest BCUT2D eigenvalue weighted by molar-refractivity contribution is 6.30. The average molecular weight is 318 g/mol. The van der Waals surface area contributed by atoms with E-state index in [9.17, 15) is 10.1 Å². The number of pyridine rings is 1. The van der Waals surface area contributed by atoms with Crippen LogP contribution >= 0.6 is 0 Å². The van der Waals surface area contributed by atoms with Crippen LogP contribution in [0.1, 0.15) is 0 Å². The highest BCUT2D eigenvalue weighted by Crippen LogP contribution is 2.21. The van der Waals surface area contributed by atoms with Gasteiger partial charge in [-0.05, 0) is 18.2 Å². The van der Waals surface area contributed by atoms with Crippen LogP contribution in [0.2, 0.25) is 0 Å². The highest BCUT2D eigenvalue weighted by atomic mass is 16.6. The fourth-order valence-electron chi connectivity index (χ4n) is 2.52. The summed E-state index contributed by atoms with van der Waals surface area (Å²) in [5.41, 5.74) is 2.25. The zero-order valence-electron chi connectivity index (χ0n) is 12.3. The molecule has 0 radical (unpaired) electrons. The third kappa shape index (κ3) is 2.38. The third-order valence-electron chi connectivity index (χ3n) is 3.60. The second-order valence-corrected chi connectivity index (χ2v) is 5.09. The fourth-order valence-corrected chi connectivity index (χ4v) is 2.52. The van der Waals surface area contributed by atoms with Gasteiger partial charge in [0.1, 0.15) is 11.9 Å². The first-order valence-electron chi connectivity index (χ1n) is 7.15. The van der Waals surface area contributed by atoms with Crippen molar-refractivity contribution in [1.82, 2.24) is 4.98 Å². The number of para-hydroxylation sites is 1. The number of rotatable bonds is 3. The molecule has 7 nitrogen and oxygen atoms in total. The van der Waals surface area contributed by atoms with Crippen LogP contribution in [0.4, 0.5) is 5.69 Å². The van der Waals surface area contributed by atoms with Gasteiger partial charge in [0.25, 0.3) is 5.69 Å². The number of oxime groups is 1. The summed E-state index contributed by atoms with van der Waals surface area (Å²) in [6.07, 6.45) is 6.71. The normalized spacial score (nSPS) is 16.2. The molecule has 4 rings (SSSR count). The number of nitro groups is 1. The molecule has 0 amide bonds. The van der Waals surface area contributed by atoms with Crippen molar-refractivity contribution in [3.8, 4) is 5.88 Å². The van der Waals surface area contributed by atoms with E-state index in [1.54, 1.807) is 0 Å². The molecule has 0 saturated carbocycles. The number of benzene rings is 1. The molecule has 1 aromatic carbocycles. The van der Waals surface area contributed by atoms with E-state index in [4.69, 9.17) is 4.84 Å².